The number of ether oxygens (including phenoxy) is 1. The largest absolute Gasteiger partial charge is 0.451 e. The van der Waals surface area contributed by atoms with Gasteiger partial charge in [-0.1, -0.05) is 6.92 Å². The number of rotatable bonds is 3. The van der Waals surface area contributed by atoms with Crippen molar-refractivity contribution in [1.29, 1.82) is 0 Å². The molecule has 0 unspecified atom stereocenters. The Morgan fingerprint density at radius 3 is 2.63 bits per heavy atom. The summed E-state index contributed by atoms with van der Waals surface area (Å²) in [7, 11) is 1.77. The standard InChI is InChI=1S/C14H20N2O3/c1-11-5-8-16(9-6-11)13(17)10-19-14(18)12-4-3-7-15(12)2/h3-4,7,11H,5-6,8-10H2,1-2H3. The molecule has 1 fully saturated rings. The van der Waals surface area contributed by atoms with Crippen molar-refractivity contribution in [3.63, 3.8) is 0 Å². The van der Waals surface area contributed by atoms with Gasteiger partial charge in [0, 0.05) is 26.3 Å². The molecule has 0 atom stereocenters. The van der Waals surface area contributed by atoms with E-state index in [-0.39, 0.29) is 12.5 Å². The maximum atomic E-state index is 11.9. The number of amides is 1. The van der Waals surface area contributed by atoms with Crippen LogP contribution >= 0.6 is 0 Å². The minimum absolute atomic E-state index is 0.102. The Kier molecular flexibility index (Phi) is 4.24. The number of carbonyl (C=O) groups is 2. The second-order valence-corrected chi connectivity index (χ2v) is 5.14. The normalized spacial score (nSPS) is 16.4. The summed E-state index contributed by atoms with van der Waals surface area (Å²) in [6.07, 6.45) is 3.82. The van der Waals surface area contributed by atoms with Gasteiger partial charge in [-0.25, -0.2) is 4.79 Å². The van der Waals surface area contributed by atoms with Gasteiger partial charge >= 0.3 is 5.97 Å². The van der Waals surface area contributed by atoms with Crippen LogP contribution in [0.3, 0.4) is 0 Å². The first-order valence-electron chi connectivity index (χ1n) is 6.64. The van der Waals surface area contributed by atoms with E-state index in [1.807, 2.05) is 0 Å². The number of piperidine rings is 1. The van der Waals surface area contributed by atoms with Crippen LogP contribution in [0.2, 0.25) is 0 Å². The molecule has 1 aromatic heterocycles. The summed E-state index contributed by atoms with van der Waals surface area (Å²) in [5.74, 6) is 0.121. The Morgan fingerprint density at radius 2 is 2.05 bits per heavy atom. The van der Waals surface area contributed by atoms with Gasteiger partial charge < -0.3 is 14.2 Å². The van der Waals surface area contributed by atoms with Crippen LogP contribution in [0.5, 0.6) is 0 Å². The van der Waals surface area contributed by atoms with Crippen molar-refractivity contribution in [3.05, 3.63) is 24.0 Å². The summed E-state index contributed by atoms with van der Waals surface area (Å²) < 4.78 is 6.73. The highest BCUT2D eigenvalue weighted by Gasteiger charge is 2.21. The van der Waals surface area contributed by atoms with Crippen LogP contribution in [-0.2, 0) is 16.6 Å². The molecule has 104 valence electrons. The molecule has 5 heteroatoms. The van der Waals surface area contributed by atoms with Gasteiger partial charge in [0.1, 0.15) is 5.69 Å². The van der Waals surface area contributed by atoms with Crippen molar-refractivity contribution in [2.75, 3.05) is 19.7 Å². The molecule has 0 bridgehead atoms. The third-order valence-electron chi connectivity index (χ3n) is 3.62. The molecule has 0 spiro atoms. The molecule has 0 saturated carbocycles. The molecule has 0 N–H and O–H groups in total. The lowest BCUT2D eigenvalue weighted by atomic mass is 9.99. The summed E-state index contributed by atoms with van der Waals surface area (Å²) >= 11 is 0. The van der Waals surface area contributed by atoms with Crippen LogP contribution in [-0.4, -0.2) is 41.0 Å². The molecular formula is C14H20N2O3. The Hall–Kier alpha value is -1.78. The first-order valence-corrected chi connectivity index (χ1v) is 6.64. The van der Waals surface area contributed by atoms with Crippen molar-refractivity contribution in [3.8, 4) is 0 Å². The van der Waals surface area contributed by atoms with Gasteiger partial charge in [-0.3, -0.25) is 4.79 Å². The van der Waals surface area contributed by atoms with Crippen molar-refractivity contribution in [1.82, 2.24) is 9.47 Å². The van der Waals surface area contributed by atoms with E-state index in [1.54, 1.807) is 34.8 Å². The topological polar surface area (TPSA) is 51.5 Å². The Balaban J connectivity index is 1.81. The van der Waals surface area contributed by atoms with Crippen LogP contribution in [0.15, 0.2) is 18.3 Å². The van der Waals surface area contributed by atoms with Gasteiger partial charge in [-0.05, 0) is 30.9 Å². The van der Waals surface area contributed by atoms with Crippen molar-refractivity contribution in [2.45, 2.75) is 19.8 Å². The zero-order chi connectivity index (χ0) is 13.8. The molecule has 1 aromatic rings. The van der Waals surface area contributed by atoms with E-state index in [4.69, 9.17) is 4.74 Å². The quantitative estimate of drug-likeness (QED) is 0.776. The number of aryl methyl sites for hydroxylation is 1. The maximum Gasteiger partial charge on any atom is 0.355 e. The summed E-state index contributed by atoms with van der Waals surface area (Å²) in [5, 5.41) is 0. The van der Waals surface area contributed by atoms with E-state index in [2.05, 4.69) is 6.92 Å². The fraction of sp³-hybridized carbons (Fsp3) is 0.571. The minimum atomic E-state index is -0.453. The smallest absolute Gasteiger partial charge is 0.355 e. The zero-order valence-electron chi connectivity index (χ0n) is 11.5. The monoisotopic (exact) mass is 264 g/mol. The van der Waals surface area contributed by atoms with Gasteiger partial charge in [0.25, 0.3) is 5.91 Å². The summed E-state index contributed by atoms with van der Waals surface area (Å²) in [5.41, 5.74) is 0.458. The predicted molar refractivity (Wildman–Crippen MR) is 70.7 cm³/mol. The van der Waals surface area contributed by atoms with Gasteiger partial charge in [-0.2, -0.15) is 0 Å². The Bertz CT molecular complexity index is 459. The second kappa shape index (κ2) is 5.91. The first kappa shape index (κ1) is 13.6. The SMILES string of the molecule is CC1CCN(C(=O)COC(=O)c2cccn2C)CC1. The fourth-order valence-corrected chi connectivity index (χ4v) is 2.22. The van der Waals surface area contributed by atoms with Gasteiger partial charge in [0.15, 0.2) is 6.61 Å². The van der Waals surface area contributed by atoms with Crippen molar-refractivity contribution in [2.24, 2.45) is 13.0 Å². The zero-order valence-corrected chi connectivity index (χ0v) is 11.5. The Labute approximate surface area is 113 Å². The van der Waals surface area contributed by atoms with E-state index < -0.39 is 5.97 Å². The van der Waals surface area contributed by atoms with E-state index in [0.29, 0.717) is 11.6 Å². The lowest BCUT2D eigenvalue weighted by molar-refractivity contribution is -0.135. The molecule has 0 aromatic carbocycles. The van der Waals surface area contributed by atoms with Crippen LogP contribution in [0, 0.1) is 5.92 Å². The number of hydrogen-bond acceptors (Lipinski definition) is 3. The number of hydrogen-bond donors (Lipinski definition) is 0. The molecule has 1 aliphatic rings. The lowest BCUT2D eigenvalue weighted by Crippen LogP contribution is -2.40. The van der Waals surface area contributed by atoms with Crippen LogP contribution in [0.25, 0.3) is 0 Å². The lowest BCUT2D eigenvalue weighted by Gasteiger charge is -2.30. The molecule has 2 heterocycles. The maximum absolute atomic E-state index is 11.9. The molecule has 1 aliphatic heterocycles. The highest BCUT2D eigenvalue weighted by Crippen LogP contribution is 2.16. The van der Waals surface area contributed by atoms with E-state index in [0.717, 1.165) is 25.9 Å². The van der Waals surface area contributed by atoms with Crippen LogP contribution in [0.1, 0.15) is 30.3 Å². The molecule has 5 nitrogen and oxygen atoms in total. The number of esters is 1. The van der Waals surface area contributed by atoms with Crippen LogP contribution < -0.4 is 0 Å². The predicted octanol–water partition coefficient (Wildman–Crippen LogP) is 1.44. The number of aromatic nitrogens is 1. The summed E-state index contributed by atoms with van der Waals surface area (Å²) in [6, 6.07) is 3.44. The summed E-state index contributed by atoms with van der Waals surface area (Å²) in [4.78, 5) is 25.4. The molecule has 2 rings (SSSR count). The highest BCUT2D eigenvalue weighted by molar-refractivity contribution is 5.89. The average Bonchev–Trinajstić information content (AvgIpc) is 2.83. The number of nitrogens with zero attached hydrogens (tertiary/aromatic N) is 2. The van der Waals surface area contributed by atoms with Crippen LogP contribution in [0.4, 0.5) is 0 Å². The summed E-state index contributed by atoms with van der Waals surface area (Å²) in [6.45, 7) is 3.55. The molecular weight excluding hydrogens is 244 g/mol. The van der Waals surface area contributed by atoms with Gasteiger partial charge in [0.2, 0.25) is 0 Å². The average molecular weight is 264 g/mol. The molecule has 1 saturated heterocycles. The molecule has 19 heavy (non-hydrogen) atoms. The number of carbonyl (C=O) groups excluding carboxylic acids is 2. The number of likely N-dealkylation sites (tertiary alicyclic amines) is 1. The second-order valence-electron chi connectivity index (χ2n) is 5.14. The molecule has 1 amide bonds. The highest BCUT2D eigenvalue weighted by atomic mass is 16.5. The van der Waals surface area contributed by atoms with Gasteiger partial charge in [0.05, 0.1) is 0 Å². The van der Waals surface area contributed by atoms with Gasteiger partial charge in [-0.15, -0.1) is 0 Å². The molecule has 0 radical (unpaired) electrons. The fourth-order valence-electron chi connectivity index (χ4n) is 2.22. The third-order valence-corrected chi connectivity index (χ3v) is 3.62. The van der Waals surface area contributed by atoms with E-state index in [9.17, 15) is 9.59 Å². The first-order chi connectivity index (χ1) is 9.08. The van der Waals surface area contributed by atoms with E-state index in [1.165, 1.54) is 0 Å². The van der Waals surface area contributed by atoms with Crippen molar-refractivity contribution >= 4 is 11.9 Å². The molecule has 0 aliphatic carbocycles. The van der Waals surface area contributed by atoms with E-state index >= 15 is 0 Å². The Morgan fingerprint density at radius 1 is 1.37 bits per heavy atom. The third kappa shape index (κ3) is 3.36. The van der Waals surface area contributed by atoms with Crippen molar-refractivity contribution < 1.29 is 14.3 Å². The minimum Gasteiger partial charge on any atom is -0.451 e.